The first-order chi connectivity index (χ1) is 8.29. The average molecular weight is 235 g/mol. The van der Waals surface area contributed by atoms with Crippen LogP contribution in [0.1, 0.15) is 32.6 Å². The minimum atomic E-state index is 0.353. The summed E-state index contributed by atoms with van der Waals surface area (Å²) < 4.78 is 0. The lowest BCUT2D eigenvalue weighted by molar-refractivity contribution is 0.573. The molecule has 0 bridgehead atoms. The van der Waals surface area contributed by atoms with Gasteiger partial charge in [-0.2, -0.15) is 9.97 Å². The summed E-state index contributed by atoms with van der Waals surface area (Å²) in [7, 11) is 0. The number of aromatic nitrogens is 2. The Bertz CT molecular complexity index is 360. The molecule has 5 heteroatoms. The van der Waals surface area contributed by atoms with Crippen molar-refractivity contribution in [3.63, 3.8) is 0 Å². The number of rotatable bonds is 4. The van der Waals surface area contributed by atoms with Gasteiger partial charge in [-0.05, 0) is 25.7 Å². The van der Waals surface area contributed by atoms with Gasteiger partial charge in [0.15, 0.2) is 0 Å². The Morgan fingerprint density at radius 3 is 2.76 bits per heavy atom. The van der Waals surface area contributed by atoms with Crippen molar-refractivity contribution in [3.8, 4) is 0 Å². The number of nitrogens with one attached hydrogen (secondary N) is 1. The summed E-state index contributed by atoms with van der Waals surface area (Å²) in [6.07, 6.45) is 4.87. The van der Waals surface area contributed by atoms with Crippen molar-refractivity contribution in [2.75, 3.05) is 35.6 Å². The van der Waals surface area contributed by atoms with Gasteiger partial charge in [-0.15, -0.1) is 0 Å². The molecule has 3 N–H and O–H groups in total. The van der Waals surface area contributed by atoms with Gasteiger partial charge in [-0.3, -0.25) is 0 Å². The monoisotopic (exact) mass is 235 g/mol. The molecule has 1 saturated heterocycles. The molecule has 0 aliphatic carbocycles. The fraction of sp³-hybridized carbons (Fsp3) is 0.667. The van der Waals surface area contributed by atoms with Gasteiger partial charge in [0.25, 0.3) is 0 Å². The summed E-state index contributed by atoms with van der Waals surface area (Å²) >= 11 is 0. The van der Waals surface area contributed by atoms with Crippen LogP contribution in [0.3, 0.4) is 0 Å². The fourth-order valence-corrected chi connectivity index (χ4v) is 2.08. The van der Waals surface area contributed by atoms with E-state index in [9.17, 15) is 0 Å². The SMILES string of the molecule is CCCNc1cc(N2CCCCC2)nc(N)n1. The highest BCUT2D eigenvalue weighted by Gasteiger charge is 2.13. The van der Waals surface area contributed by atoms with Crippen molar-refractivity contribution < 1.29 is 0 Å². The normalized spacial score (nSPS) is 15.9. The molecule has 17 heavy (non-hydrogen) atoms. The Kier molecular flexibility index (Phi) is 4.01. The van der Waals surface area contributed by atoms with E-state index < -0.39 is 0 Å². The molecule has 0 aromatic carbocycles. The van der Waals surface area contributed by atoms with Gasteiger partial charge in [0.05, 0.1) is 0 Å². The number of hydrogen-bond acceptors (Lipinski definition) is 5. The summed E-state index contributed by atoms with van der Waals surface area (Å²) in [5.74, 6) is 2.14. The molecule has 94 valence electrons. The second kappa shape index (κ2) is 5.70. The van der Waals surface area contributed by atoms with Crippen LogP contribution in [0.15, 0.2) is 6.07 Å². The molecule has 1 aliphatic heterocycles. The number of piperidine rings is 1. The Balaban J connectivity index is 2.12. The minimum Gasteiger partial charge on any atom is -0.370 e. The first-order valence-electron chi connectivity index (χ1n) is 6.43. The predicted octanol–water partition coefficient (Wildman–Crippen LogP) is 1.87. The van der Waals surface area contributed by atoms with Crippen LogP contribution in [0.25, 0.3) is 0 Å². The van der Waals surface area contributed by atoms with Crippen molar-refractivity contribution in [2.45, 2.75) is 32.6 Å². The van der Waals surface area contributed by atoms with Crippen molar-refractivity contribution in [1.82, 2.24) is 9.97 Å². The third-order valence-corrected chi connectivity index (χ3v) is 2.97. The smallest absolute Gasteiger partial charge is 0.223 e. The zero-order valence-corrected chi connectivity index (χ0v) is 10.4. The zero-order valence-electron chi connectivity index (χ0n) is 10.4. The molecule has 0 radical (unpaired) electrons. The van der Waals surface area contributed by atoms with E-state index in [0.717, 1.165) is 37.7 Å². The zero-order chi connectivity index (χ0) is 12.1. The van der Waals surface area contributed by atoms with E-state index >= 15 is 0 Å². The predicted molar refractivity (Wildman–Crippen MR) is 71.3 cm³/mol. The molecule has 0 atom stereocenters. The van der Waals surface area contributed by atoms with E-state index in [2.05, 4.69) is 27.1 Å². The Hall–Kier alpha value is -1.52. The first kappa shape index (κ1) is 12.0. The van der Waals surface area contributed by atoms with Crippen LogP contribution in [-0.4, -0.2) is 29.6 Å². The number of nitrogens with zero attached hydrogens (tertiary/aromatic N) is 3. The molecular formula is C12H21N5. The third-order valence-electron chi connectivity index (χ3n) is 2.97. The second-order valence-electron chi connectivity index (χ2n) is 4.44. The van der Waals surface area contributed by atoms with Crippen LogP contribution < -0.4 is 16.0 Å². The van der Waals surface area contributed by atoms with Crippen LogP contribution >= 0.6 is 0 Å². The minimum absolute atomic E-state index is 0.353. The molecule has 2 rings (SSSR count). The maximum atomic E-state index is 5.75. The van der Waals surface area contributed by atoms with E-state index in [-0.39, 0.29) is 0 Å². The Labute approximate surface area is 102 Å². The number of anilines is 3. The van der Waals surface area contributed by atoms with Gasteiger partial charge < -0.3 is 16.0 Å². The van der Waals surface area contributed by atoms with E-state index in [1.54, 1.807) is 0 Å². The summed E-state index contributed by atoms with van der Waals surface area (Å²) in [4.78, 5) is 10.8. The third kappa shape index (κ3) is 3.22. The largest absolute Gasteiger partial charge is 0.370 e. The van der Waals surface area contributed by atoms with Crippen molar-refractivity contribution in [1.29, 1.82) is 0 Å². The summed E-state index contributed by atoms with van der Waals surface area (Å²) in [6, 6.07) is 2.00. The molecule has 1 aromatic heterocycles. The molecular weight excluding hydrogens is 214 g/mol. The van der Waals surface area contributed by atoms with Gasteiger partial charge in [-0.25, -0.2) is 0 Å². The molecule has 0 saturated carbocycles. The molecule has 0 spiro atoms. The second-order valence-corrected chi connectivity index (χ2v) is 4.44. The lowest BCUT2D eigenvalue weighted by atomic mass is 10.1. The lowest BCUT2D eigenvalue weighted by Crippen LogP contribution is -2.30. The molecule has 5 nitrogen and oxygen atoms in total. The highest BCUT2D eigenvalue weighted by Crippen LogP contribution is 2.20. The van der Waals surface area contributed by atoms with Gasteiger partial charge in [0, 0.05) is 25.7 Å². The molecule has 1 aliphatic rings. The molecule has 1 aromatic rings. The van der Waals surface area contributed by atoms with Gasteiger partial charge in [-0.1, -0.05) is 6.92 Å². The summed E-state index contributed by atoms with van der Waals surface area (Å²) in [5.41, 5.74) is 5.75. The molecule has 0 unspecified atom stereocenters. The van der Waals surface area contributed by atoms with Crippen molar-refractivity contribution in [2.24, 2.45) is 0 Å². The highest BCUT2D eigenvalue weighted by molar-refractivity contribution is 5.52. The van der Waals surface area contributed by atoms with Crippen LogP contribution in [-0.2, 0) is 0 Å². The Morgan fingerprint density at radius 1 is 1.29 bits per heavy atom. The topological polar surface area (TPSA) is 67.1 Å². The van der Waals surface area contributed by atoms with Crippen LogP contribution in [0.2, 0.25) is 0 Å². The van der Waals surface area contributed by atoms with Gasteiger partial charge >= 0.3 is 0 Å². The fourth-order valence-electron chi connectivity index (χ4n) is 2.08. The summed E-state index contributed by atoms with van der Waals surface area (Å²) in [5, 5.41) is 3.26. The van der Waals surface area contributed by atoms with Gasteiger partial charge in [0.2, 0.25) is 5.95 Å². The quantitative estimate of drug-likeness (QED) is 0.834. The lowest BCUT2D eigenvalue weighted by Gasteiger charge is -2.28. The first-order valence-corrected chi connectivity index (χ1v) is 6.43. The van der Waals surface area contributed by atoms with Crippen molar-refractivity contribution >= 4 is 17.6 Å². The standard InChI is InChI=1S/C12H21N5/c1-2-6-14-10-9-11(16-12(13)15-10)17-7-4-3-5-8-17/h9H,2-8H2,1H3,(H3,13,14,15,16). The number of nitrogens with two attached hydrogens (primary N) is 1. The van der Waals surface area contributed by atoms with E-state index in [4.69, 9.17) is 5.73 Å². The average Bonchev–Trinajstić information content (AvgIpc) is 2.37. The molecule has 2 heterocycles. The molecule has 0 amide bonds. The van der Waals surface area contributed by atoms with Gasteiger partial charge in [0.1, 0.15) is 11.6 Å². The molecule has 1 fully saturated rings. The van der Waals surface area contributed by atoms with E-state index in [1.807, 2.05) is 6.07 Å². The van der Waals surface area contributed by atoms with Crippen LogP contribution in [0.5, 0.6) is 0 Å². The maximum absolute atomic E-state index is 5.75. The van der Waals surface area contributed by atoms with E-state index in [0.29, 0.717) is 5.95 Å². The number of hydrogen-bond donors (Lipinski definition) is 2. The Morgan fingerprint density at radius 2 is 2.06 bits per heavy atom. The highest BCUT2D eigenvalue weighted by atomic mass is 15.2. The van der Waals surface area contributed by atoms with Crippen molar-refractivity contribution in [3.05, 3.63) is 6.07 Å². The number of nitrogen functional groups attached to an aromatic ring is 1. The summed E-state index contributed by atoms with van der Waals surface area (Å²) in [6.45, 7) is 5.19. The van der Waals surface area contributed by atoms with Crippen LogP contribution in [0, 0.1) is 0 Å². The maximum Gasteiger partial charge on any atom is 0.223 e. The van der Waals surface area contributed by atoms with E-state index in [1.165, 1.54) is 19.3 Å². The van der Waals surface area contributed by atoms with Crippen LogP contribution in [0.4, 0.5) is 17.6 Å².